The predicted octanol–water partition coefficient (Wildman–Crippen LogP) is 2.21. The zero-order chi connectivity index (χ0) is 10.3. The van der Waals surface area contributed by atoms with Gasteiger partial charge in [-0.25, -0.2) is 0 Å². The van der Waals surface area contributed by atoms with Crippen molar-refractivity contribution in [2.45, 2.75) is 45.3 Å². The summed E-state index contributed by atoms with van der Waals surface area (Å²) in [5.74, 6) is 0. The van der Waals surface area contributed by atoms with Crippen molar-refractivity contribution in [1.29, 1.82) is 0 Å². The molecule has 2 heteroatoms. The monoisotopic (exact) mass is 195 g/mol. The molecule has 1 fully saturated rings. The van der Waals surface area contributed by atoms with Crippen LogP contribution in [0.25, 0.3) is 0 Å². The highest BCUT2D eigenvalue weighted by molar-refractivity contribution is 5.29. The van der Waals surface area contributed by atoms with Crippen molar-refractivity contribution in [1.82, 2.24) is 4.90 Å². The average molecular weight is 195 g/mol. The molecule has 2 heterocycles. The Bertz CT molecular complexity index is 261. The van der Waals surface area contributed by atoms with Crippen LogP contribution in [0.5, 0.6) is 0 Å². The second kappa shape index (κ2) is 3.35. The molecule has 0 aromatic heterocycles. The van der Waals surface area contributed by atoms with Crippen molar-refractivity contribution >= 4 is 0 Å². The van der Waals surface area contributed by atoms with Crippen molar-refractivity contribution in [2.75, 3.05) is 20.1 Å². The molecule has 2 aliphatic heterocycles. The Kier molecular flexibility index (Phi) is 2.44. The van der Waals surface area contributed by atoms with E-state index in [-0.39, 0.29) is 5.60 Å². The highest BCUT2D eigenvalue weighted by atomic mass is 16.5. The standard InChI is InChI=1S/C12H21NO/c1-9-10(2)12(14-11(9)3)5-7-13(4)8-6-12/h11H,5-8H2,1-4H3. The van der Waals surface area contributed by atoms with Crippen molar-refractivity contribution in [3.63, 3.8) is 0 Å². The molecule has 2 nitrogen and oxygen atoms in total. The van der Waals surface area contributed by atoms with Gasteiger partial charge in [-0.2, -0.15) is 0 Å². The third-order valence-corrected chi connectivity index (χ3v) is 4.08. The highest BCUT2D eigenvalue weighted by Gasteiger charge is 2.43. The van der Waals surface area contributed by atoms with Crippen molar-refractivity contribution < 1.29 is 4.74 Å². The van der Waals surface area contributed by atoms with Gasteiger partial charge in [0.2, 0.25) is 0 Å². The Morgan fingerprint density at radius 3 is 2.29 bits per heavy atom. The van der Waals surface area contributed by atoms with E-state index < -0.39 is 0 Å². The topological polar surface area (TPSA) is 12.5 Å². The Morgan fingerprint density at radius 2 is 1.86 bits per heavy atom. The van der Waals surface area contributed by atoms with E-state index in [9.17, 15) is 0 Å². The predicted molar refractivity (Wildman–Crippen MR) is 58.4 cm³/mol. The molecule has 1 saturated heterocycles. The van der Waals surface area contributed by atoms with E-state index in [2.05, 4.69) is 32.7 Å². The number of likely N-dealkylation sites (tertiary alicyclic amines) is 1. The largest absolute Gasteiger partial charge is 0.363 e. The first-order valence-electron chi connectivity index (χ1n) is 5.59. The van der Waals surface area contributed by atoms with Crippen molar-refractivity contribution in [3.8, 4) is 0 Å². The maximum Gasteiger partial charge on any atom is 0.0924 e. The molecule has 0 radical (unpaired) electrons. The zero-order valence-electron chi connectivity index (χ0n) is 9.76. The zero-order valence-corrected chi connectivity index (χ0v) is 9.76. The van der Waals surface area contributed by atoms with Crippen LogP contribution in [0.4, 0.5) is 0 Å². The third kappa shape index (κ3) is 1.41. The molecule has 0 aromatic carbocycles. The fourth-order valence-corrected chi connectivity index (χ4v) is 2.65. The van der Waals surface area contributed by atoms with Gasteiger partial charge in [0.25, 0.3) is 0 Å². The maximum atomic E-state index is 6.16. The summed E-state index contributed by atoms with van der Waals surface area (Å²) in [6.45, 7) is 8.97. The first kappa shape index (κ1) is 10.2. The van der Waals surface area contributed by atoms with E-state index in [0.717, 1.165) is 25.9 Å². The number of piperidine rings is 1. The molecular weight excluding hydrogens is 174 g/mol. The Balaban J connectivity index is 2.19. The smallest absolute Gasteiger partial charge is 0.0924 e. The number of hydrogen-bond acceptors (Lipinski definition) is 2. The second-order valence-electron chi connectivity index (χ2n) is 4.87. The quantitative estimate of drug-likeness (QED) is 0.549. The van der Waals surface area contributed by atoms with Gasteiger partial charge in [0.05, 0.1) is 11.7 Å². The van der Waals surface area contributed by atoms with E-state index in [1.807, 2.05) is 0 Å². The molecule has 2 rings (SSSR count). The van der Waals surface area contributed by atoms with Crippen LogP contribution >= 0.6 is 0 Å². The van der Waals surface area contributed by atoms with Crippen LogP contribution < -0.4 is 0 Å². The average Bonchev–Trinajstić information content (AvgIpc) is 2.37. The maximum absolute atomic E-state index is 6.16. The summed E-state index contributed by atoms with van der Waals surface area (Å²) >= 11 is 0. The van der Waals surface area contributed by atoms with Crippen LogP contribution in [-0.4, -0.2) is 36.7 Å². The minimum atomic E-state index is 0.0933. The molecule has 2 aliphatic rings. The summed E-state index contributed by atoms with van der Waals surface area (Å²) in [4.78, 5) is 2.39. The van der Waals surface area contributed by atoms with Gasteiger partial charge in [0, 0.05) is 13.1 Å². The van der Waals surface area contributed by atoms with Gasteiger partial charge in [0.15, 0.2) is 0 Å². The van der Waals surface area contributed by atoms with Crippen LogP contribution in [0.1, 0.15) is 33.6 Å². The first-order valence-corrected chi connectivity index (χ1v) is 5.59. The normalized spacial score (nSPS) is 33.0. The second-order valence-corrected chi connectivity index (χ2v) is 4.87. The number of hydrogen-bond donors (Lipinski definition) is 0. The molecule has 1 atom stereocenters. The van der Waals surface area contributed by atoms with Gasteiger partial charge in [-0.15, -0.1) is 0 Å². The highest BCUT2D eigenvalue weighted by Crippen LogP contribution is 2.42. The molecule has 0 saturated carbocycles. The summed E-state index contributed by atoms with van der Waals surface area (Å²) in [5.41, 5.74) is 3.04. The summed E-state index contributed by atoms with van der Waals surface area (Å²) in [6.07, 6.45) is 2.66. The molecule has 0 aliphatic carbocycles. The van der Waals surface area contributed by atoms with Crippen LogP contribution in [0.2, 0.25) is 0 Å². The first-order chi connectivity index (χ1) is 6.55. The van der Waals surface area contributed by atoms with E-state index in [1.165, 1.54) is 11.1 Å². The van der Waals surface area contributed by atoms with Crippen molar-refractivity contribution in [2.24, 2.45) is 0 Å². The Morgan fingerprint density at radius 1 is 1.29 bits per heavy atom. The van der Waals surface area contributed by atoms with Crippen LogP contribution in [0.3, 0.4) is 0 Å². The van der Waals surface area contributed by atoms with Crippen LogP contribution in [-0.2, 0) is 4.74 Å². The SMILES string of the molecule is CC1=C(C)C2(CCN(C)CC2)OC1C. The van der Waals surface area contributed by atoms with Gasteiger partial charge in [-0.05, 0) is 51.8 Å². The molecule has 14 heavy (non-hydrogen) atoms. The molecule has 1 unspecified atom stereocenters. The summed E-state index contributed by atoms with van der Waals surface area (Å²) in [5, 5.41) is 0. The third-order valence-electron chi connectivity index (χ3n) is 4.08. The number of nitrogens with zero attached hydrogens (tertiary/aromatic N) is 1. The van der Waals surface area contributed by atoms with E-state index >= 15 is 0 Å². The van der Waals surface area contributed by atoms with Crippen molar-refractivity contribution in [3.05, 3.63) is 11.1 Å². The van der Waals surface area contributed by atoms with Gasteiger partial charge in [-0.3, -0.25) is 0 Å². The van der Waals surface area contributed by atoms with Gasteiger partial charge < -0.3 is 9.64 Å². The van der Waals surface area contributed by atoms with Gasteiger partial charge in [-0.1, -0.05) is 0 Å². The summed E-state index contributed by atoms with van der Waals surface area (Å²) < 4.78 is 6.16. The lowest BCUT2D eigenvalue weighted by Crippen LogP contribution is -2.44. The fraction of sp³-hybridized carbons (Fsp3) is 0.833. The minimum absolute atomic E-state index is 0.0933. The van der Waals surface area contributed by atoms with Crippen LogP contribution in [0.15, 0.2) is 11.1 Å². The molecule has 0 amide bonds. The van der Waals surface area contributed by atoms with Crippen LogP contribution in [0, 0.1) is 0 Å². The molecule has 0 aromatic rings. The Hall–Kier alpha value is -0.340. The van der Waals surface area contributed by atoms with E-state index in [1.54, 1.807) is 0 Å². The summed E-state index contributed by atoms with van der Waals surface area (Å²) in [7, 11) is 2.19. The van der Waals surface area contributed by atoms with E-state index in [0.29, 0.717) is 6.10 Å². The molecule has 0 N–H and O–H groups in total. The molecule has 80 valence electrons. The minimum Gasteiger partial charge on any atom is -0.363 e. The summed E-state index contributed by atoms with van der Waals surface area (Å²) in [6, 6.07) is 0. The lowest BCUT2D eigenvalue weighted by Gasteiger charge is -2.39. The fourth-order valence-electron chi connectivity index (χ4n) is 2.65. The molecular formula is C12H21NO. The number of rotatable bonds is 0. The van der Waals surface area contributed by atoms with E-state index in [4.69, 9.17) is 4.74 Å². The van der Waals surface area contributed by atoms with Gasteiger partial charge >= 0.3 is 0 Å². The van der Waals surface area contributed by atoms with Gasteiger partial charge in [0.1, 0.15) is 0 Å². The molecule has 0 bridgehead atoms. The molecule has 1 spiro atoms. The lowest BCUT2D eigenvalue weighted by atomic mass is 9.84. The lowest BCUT2D eigenvalue weighted by molar-refractivity contribution is -0.0584. The number of ether oxygens (including phenoxy) is 1. The Labute approximate surface area is 86.9 Å².